The molecule has 0 spiro atoms. The molecule has 0 aromatic heterocycles. The van der Waals surface area contributed by atoms with Crippen molar-refractivity contribution in [3.63, 3.8) is 0 Å². The Morgan fingerprint density at radius 1 is 0.339 bits per heavy atom. The molecular weight excluding hydrogens is 769 g/mol. The fraction of sp³-hybridized carbons (Fsp3) is 0.661. The largest absolute Gasteiger partial charge is 0.462 e. The van der Waals surface area contributed by atoms with Gasteiger partial charge in [0.05, 0.1) is 0 Å². The van der Waals surface area contributed by atoms with Crippen LogP contribution in [0.3, 0.4) is 0 Å². The molecular formula is C56H92O6. The molecule has 0 amide bonds. The van der Waals surface area contributed by atoms with Crippen molar-refractivity contribution in [2.45, 2.75) is 226 Å². The summed E-state index contributed by atoms with van der Waals surface area (Å²) in [5.74, 6) is -0.966. The maximum absolute atomic E-state index is 12.8. The lowest BCUT2D eigenvalue weighted by molar-refractivity contribution is -0.167. The Kier molecular flexibility index (Phi) is 47.0. The van der Waals surface area contributed by atoms with Gasteiger partial charge in [-0.15, -0.1) is 0 Å². The summed E-state index contributed by atoms with van der Waals surface area (Å²) in [6.07, 6.45) is 65.4. The summed E-state index contributed by atoms with van der Waals surface area (Å²) in [6.45, 7) is 6.40. The van der Waals surface area contributed by atoms with E-state index >= 15 is 0 Å². The van der Waals surface area contributed by atoms with Crippen LogP contribution in [0.4, 0.5) is 0 Å². The standard InChI is InChI=1S/C56H92O6/c1-4-7-10-13-16-19-21-23-25-26-27-28-29-30-32-33-35-37-40-43-46-49-55(58)61-52-53(51-60-54(57)48-45-42-39-18-15-12-9-6-3)62-56(59)50-47-44-41-38-36-34-31-24-22-20-17-14-11-8-5-2/h7,10,16-17,19-20,23-25,27-28,30-32,35,37,53H,4-6,8-9,11-15,18,21-22,26,29,33-34,36,38-52H2,1-3H3/b10-7-,19-16-,20-17-,25-23-,28-27-,31-24-,32-30-,37-35-. The van der Waals surface area contributed by atoms with Crippen LogP contribution in [0.2, 0.25) is 0 Å². The van der Waals surface area contributed by atoms with E-state index in [1.54, 1.807) is 0 Å². The fourth-order valence-corrected chi connectivity index (χ4v) is 6.53. The number of ether oxygens (including phenoxy) is 3. The summed E-state index contributed by atoms with van der Waals surface area (Å²) in [5, 5.41) is 0. The van der Waals surface area contributed by atoms with E-state index in [1.165, 1.54) is 57.8 Å². The molecule has 1 unspecified atom stereocenters. The molecule has 0 fully saturated rings. The number of esters is 3. The maximum atomic E-state index is 12.8. The molecule has 0 saturated carbocycles. The number of carbonyl (C=O) groups is 3. The van der Waals surface area contributed by atoms with Crippen molar-refractivity contribution in [1.29, 1.82) is 0 Å². The average molecular weight is 861 g/mol. The van der Waals surface area contributed by atoms with Gasteiger partial charge in [-0.05, 0) is 103 Å². The number of hydrogen-bond donors (Lipinski definition) is 0. The SMILES string of the molecule is CC/C=C\C/C=C\C/C=C\C/C=C\C/C=C\C/C=C\CCCCC(=O)OCC(COC(=O)CCCCCCCCCC)OC(=O)CCCCCCC/C=C\C/C=C\CCCCC. The van der Waals surface area contributed by atoms with Crippen molar-refractivity contribution in [2.24, 2.45) is 0 Å². The highest BCUT2D eigenvalue weighted by molar-refractivity contribution is 5.71. The second-order valence-electron chi connectivity index (χ2n) is 16.3. The van der Waals surface area contributed by atoms with Gasteiger partial charge in [-0.1, -0.05) is 195 Å². The van der Waals surface area contributed by atoms with Gasteiger partial charge >= 0.3 is 17.9 Å². The lowest BCUT2D eigenvalue weighted by atomic mass is 10.1. The van der Waals surface area contributed by atoms with Crippen molar-refractivity contribution in [2.75, 3.05) is 13.2 Å². The molecule has 0 aromatic rings. The second kappa shape index (κ2) is 50.0. The van der Waals surface area contributed by atoms with Gasteiger partial charge in [0.2, 0.25) is 0 Å². The summed E-state index contributed by atoms with van der Waals surface area (Å²) in [6, 6.07) is 0. The smallest absolute Gasteiger partial charge is 0.306 e. The van der Waals surface area contributed by atoms with Crippen LogP contribution in [0.25, 0.3) is 0 Å². The Morgan fingerprint density at radius 2 is 0.629 bits per heavy atom. The predicted molar refractivity (Wildman–Crippen MR) is 265 cm³/mol. The molecule has 0 heterocycles. The third-order valence-electron chi connectivity index (χ3n) is 10.3. The highest BCUT2D eigenvalue weighted by atomic mass is 16.6. The minimum Gasteiger partial charge on any atom is -0.462 e. The van der Waals surface area contributed by atoms with Gasteiger partial charge in [0.25, 0.3) is 0 Å². The minimum absolute atomic E-state index is 0.0975. The van der Waals surface area contributed by atoms with Crippen molar-refractivity contribution in [3.05, 3.63) is 97.2 Å². The maximum Gasteiger partial charge on any atom is 0.306 e. The molecule has 6 nitrogen and oxygen atoms in total. The zero-order valence-corrected chi connectivity index (χ0v) is 40.1. The van der Waals surface area contributed by atoms with E-state index in [2.05, 4.69) is 118 Å². The van der Waals surface area contributed by atoms with Crippen molar-refractivity contribution < 1.29 is 28.6 Å². The van der Waals surface area contributed by atoms with E-state index in [0.29, 0.717) is 19.3 Å². The Morgan fingerprint density at radius 3 is 1.05 bits per heavy atom. The summed E-state index contributed by atoms with van der Waals surface area (Å²) < 4.78 is 16.7. The van der Waals surface area contributed by atoms with E-state index < -0.39 is 6.10 Å². The number of carbonyl (C=O) groups excluding carboxylic acids is 3. The van der Waals surface area contributed by atoms with Crippen LogP contribution in [0.15, 0.2) is 97.2 Å². The summed E-state index contributed by atoms with van der Waals surface area (Å²) in [4.78, 5) is 37.8. The molecule has 0 rings (SSSR count). The zero-order chi connectivity index (χ0) is 45.1. The van der Waals surface area contributed by atoms with E-state index in [-0.39, 0.29) is 31.1 Å². The molecule has 0 aliphatic heterocycles. The van der Waals surface area contributed by atoms with Crippen LogP contribution in [-0.2, 0) is 28.6 Å². The number of unbranched alkanes of at least 4 members (excludes halogenated alkanes) is 17. The Bertz CT molecular complexity index is 1260. The number of rotatable bonds is 44. The van der Waals surface area contributed by atoms with E-state index in [9.17, 15) is 14.4 Å². The quantitative estimate of drug-likeness (QED) is 0.0263. The summed E-state index contributed by atoms with van der Waals surface area (Å²) in [5.41, 5.74) is 0. The zero-order valence-electron chi connectivity index (χ0n) is 40.1. The first-order valence-corrected chi connectivity index (χ1v) is 25.2. The number of allylic oxidation sites excluding steroid dienone is 16. The van der Waals surface area contributed by atoms with E-state index in [1.807, 2.05) is 0 Å². The van der Waals surface area contributed by atoms with Crippen molar-refractivity contribution >= 4 is 17.9 Å². The van der Waals surface area contributed by atoms with Gasteiger partial charge in [0.1, 0.15) is 13.2 Å². The second-order valence-corrected chi connectivity index (χ2v) is 16.3. The topological polar surface area (TPSA) is 78.9 Å². The third-order valence-corrected chi connectivity index (χ3v) is 10.3. The molecule has 0 aliphatic rings. The first-order valence-electron chi connectivity index (χ1n) is 25.2. The lowest BCUT2D eigenvalue weighted by Crippen LogP contribution is -2.30. The molecule has 0 aromatic carbocycles. The molecule has 0 saturated heterocycles. The Balaban J connectivity index is 4.41. The molecule has 1 atom stereocenters. The van der Waals surface area contributed by atoms with Gasteiger partial charge in [-0.25, -0.2) is 0 Å². The minimum atomic E-state index is -0.800. The summed E-state index contributed by atoms with van der Waals surface area (Å²) >= 11 is 0. The molecule has 352 valence electrons. The van der Waals surface area contributed by atoms with Crippen LogP contribution in [0.5, 0.6) is 0 Å². The Hall–Kier alpha value is -3.67. The number of hydrogen-bond acceptors (Lipinski definition) is 6. The normalized spacial score (nSPS) is 12.9. The third kappa shape index (κ3) is 47.4. The molecule has 0 aliphatic carbocycles. The fourth-order valence-electron chi connectivity index (χ4n) is 6.53. The van der Waals surface area contributed by atoms with Crippen LogP contribution in [0.1, 0.15) is 220 Å². The van der Waals surface area contributed by atoms with Crippen molar-refractivity contribution in [3.8, 4) is 0 Å². The first-order chi connectivity index (χ1) is 30.5. The van der Waals surface area contributed by atoms with Crippen LogP contribution in [-0.4, -0.2) is 37.2 Å². The van der Waals surface area contributed by atoms with Gasteiger partial charge in [-0.3, -0.25) is 14.4 Å². The van der Waals surface area contributed by atoms with Gasteiger partial charge in [0, 0.05) is 19.3 Å². The van der Waals surface area contributed by atoms with E-state index in [0.717, 1.165) is 122 Å². The van der Waals surface area contributed by atoms with Crippen LogP contribution in [0, 0.1) is 0 Å². The van der Waals surface area contributed by atoms with E-state index in [4.69, 9.17) is 14.2 Å². The molecule has 0 radical (unpaired) electrons. The summed E-state index contributed by atoms with van der Waals surface area (Å²) in [7, 11) is 0. The molecule has 6 heteroatoms. The highest BCUT2D eigenvalue weighted by Gasteiger charge is 2.19. The van der Waals surface area contributed by atoms with Crippen molar-refractivity contribution in [1.82, 2.24) is 0 Å². The monoisotopic (exact) mass is 861 g/mol. The lowest BCUT2D eigenvalue weighted by Gasteiger charge is -2.18. The van der Waals surface area contributed by atoms with Gasteiger partial charge in [0.15, 0.2) is 6.10 Å². The first kappa shape index (κ1) is 58.3. The van der Waals surface area contributed by atoms with Gasteiger partial charge in [-0.2, -0.15) is 0 Å². The molecule has 0 bridgehead atoms. The highest BCUT2D eigenvalue weighted by Crippen LogP contribution is 2.13. The van der Waals surface area contributed by atoms with Crippen LogP contribution >= 0.6 is 0 Å². The molecule has 62 heavy (non-hydrogen) atoms. The molecule has 0 N–H and O–H groups in total. The predicted octanol–water partition coefficient (Wildman–Crippen LogP) is 16.6. The van der Waals surface area contributed by atoms with Gasteiger partial charge < -0.3 is 14.2 Å². The average Bonchev–Trinajstić information content (AvgIpc) is 3.27. The van der Waals surface area contributed by atoms with Crippen LogP contribution < -0.4 is 0 Å². The Labute approximate surface area is 381 Å².